The topological polar surface area (TPSA) is 36.8 Å². The van der Waals surface area contributed by atoms with E-state index >= 15 is 0 Å². The molecule has 4 heteroatoms. The van der Waals surface area contributed by atoms with E-state index in [2.05, 4.69) is 15.3 Å². The molecule has 1 atom stereocenters. The summed E-state index contributed by atoms with van der Waals surface area (Å²) in [6, 6.07) is 0. The molecule has 0 radical (unpaired) electrons. The fraction of sp³-hybridized carbons (Fsp3) is 0.600. The SMILES string of the molecule is CN=C1CC(Cl)N=CN1. The average Bonchev–Trinajstić information content (AvgIpc) is 1.88. The molecule has 0 saturated carbocycles. The molecule has 1 rings (SSSR count). The lowest BCUT2D eigenvalue weighted by atomic mass is 10.3. The van der Waals surface area contributed by atoms with Gasteiger partial charge in [0.05, 0.1) is 6.34 Å². The lowest BCUT2D eigenvalue weighted by molar-refractivity contribution is 0.901. The molecule has 0 amide bonds. The molecule has 0 aromatic heterocycles. The van der Waals surface area contributed by atoms with Crippen molar-refractivity contribution in [1.29, 1.82) is 0 Å². The average molecular weight is 146 g/mol. The van der Waals surface area contributed by atoms with Gasteiger partial charge in [0.25, 0.3) is 0 Å². The van der Waals surface area contributed by atoms with Gasteiger partial charge in [0.15, 0.2) is 0 Å². The molecule has 0 bridgehead atoms. The van der Waals surface area contributed by atoms with Gasteiger partial charge in [-0.2, -0.15) is 0 Å². The second-order valence-electron chi connectivity index (χ2n) is 1.73. The van der Waals surface area contributed by atoms with Crippen LogP contribution >= 0.6 is 11.6 Å². The van der Waals surface area contributed by atoms with Crippen LogP contribution in [0.3, 0.4) is 0 Å². The Morgan fingerprint density at radius 3 is 3.22 bits per heavy atom. The van der Waals surface area contributed by atoms with Gasteiger partial charge in [-0.05, 0) is 0 Å². The molecule has 0 spiro atoms. The van der Waals surface area contributed by atoms with Crippen LogP contribution in [0, 0.1) is 0 Å². The fourth-order valence-electron chi connectivity index (χ4n) is 0.620. The summed E-state index contributed by atoms with van der Waals surface area (Å²) in [7, 11) is 1.73. The number of halogens is 1. The number of hydrogen-bond donors (Lipinski definition) is 1. The Kier molecular flexibility index (Phi) is 2.05. The largest absolute Gasteiger partial charge is 0.335 e. The summed E-state index contributed by atoms with van der Waals surface area (Å²) in [6.45, 7) is 0. The summed E-state index contributed by atoms with van der Waals surface area (Å²) in [4.78, 5) is 7.80. The quantitative estimate of drug-likeness (QED) is 0.394. The van der Waals surface area contributed by atoms with Crippen LogP contribution < -0.4 is 5.32 Å². The molecular weight excluding hydrogens is 138 g/mol. The molecule has 1 unspecified atom stereocenters. The first-order valence-corrected chi connectivity index (χ1v) is 3.14. The zero-order valence-corrected chi connectivity index (χ0v) is 5.89. The van der Waals surface area contributed by atoms with Gasteiger partial charge in [-0.1, -0.05) is 11.6 Å². The van der Waals surface area contributed by atoms with Gasteiger partial charge in [0, 0.05) is 13.5 Å². The van der Waals surface area contributed by atoms with E-state index < -0.39 is 0 Å². The van der Waals surface area contributed by atoms with Crippen molar-refractivity contribution in [1.82, 2.24) is 5.32 Å². The molecule has 0 aromatic carbocycles. The first-order chi connectivity index (χ1) is 4.33. The molecule has 3 nitrogen and oxygen atoms in total. The zero-order valence-electron chi connectivity index (χ0n) is 5.13. The smallest absolute Gasteiger partial charge is 0.132 e. The Labute approximate surface area is 58.8 Å². The van der Waals surface area contributed by atoms with Crippen molar-refractivity contribution in [2.45, 2.75) is 11.9 Å². The number of aliphatic imine (C=N–C) groups is 2. The molecule has 0 aliphatic carbocycles. The van der Waals surface area contributed by atoms with E-state index in [0.29, 0.717) is 6.42 Å². The van der Waals surface area contributed by atoms with E-state index in [4.69, 9.17) is 11.6 Å². The molecule has 1 aliphatic heterocycles. The van der Waals surface area contributed by atoms with Crippen molar-refractivity contribution in [3.05, 3.63) is 0 Å². The van der Waals surface area contributed by atoms with E-state index in [-0.39, 0.29) is 5.50 Å². The maximum Gasteiger partial charge on any atom is 0.132 e. The van der Waals surface area contributed by atoms with E-state index in [1.54, 1.807) is 13.4 Å². The summed E-state index contributed by atoms with van der Waals surface area (Å²) in [5.74, 6) is 0.894. The van der Waals surface area contributed by atoms with Crippen LogP contribution in [0.25, 0.3) is 0 Å². The Morgan fingerprint density at radius 2 is 2.78 bits per heavy atom. The third-order valence-electron chi connectivity index (χ3n) is 1.10. The van der Waals surface area contributed by atoms with Gasteiger partial charge in [0.2, 0.25) is 0 Å². The molecule has 1 N–H and O–H groups in total. The van der Waals surface area contributed by atoms with Crippen LogP contribution in [0.4, 0.5) is 0 Å². The standard InChI is InChI=1S/C5H8ClN3/c1-7-5-2-4(6)8-3-9-5/h3-4H,2H2,1H3,(H,7,8,9). The predicted molar refractivity (Wildman–Crippen MR) is 39.2 cm³/mol. The lowest BCUT2D eigenvalue weighted by Gasteiger charge is -2.11. The Morgan fingerprint density at radius 1 is 2.00 bits per heavy atom. The number of nitrogens with zero attached hydrogens (tertiary/aromatic N) is 2. The van der Waals surface area contributed by atoms with Crippen LogP contribution in [0.5, 0.6) is 0 Å². The molecule has 1 heterocycles. The molecule has 50 valence electrons. The third-order valence-corrected chi connectivity index (χ3v) is 1.37. The number of nitrogens with one attached hydrogen (secondary N) is 1. The number of hydrogen-bond acceptors (Lipinski definition) is 2. The van der Waals surface area contributed by atoms with Crippen LogP contribution in [0.1, 0.15) is 6.42 Å². The zero-order chi connectivity index (χ0) is 6.69. The fourth-order valence-corrected chi connectivity index (χ4v) is 0.822. The number of rotatable bonds is 0. The minimum atomic E-state index is -0.134. The van der Waals surface area contributed by atoms with E-state index in [0.717, 1.165) is 5.84 Å². The van der Waals surface area contributed by atoms with Gasteiger partial charge in [0.1, 0.15) is 11.3 Å². The van der Waals surface area contributed by atoms with Crippen LogP contribution in [-0.2, 0) is 0 Å². The van der Waals surface area contributed by atoms with Crippen molar-refractivity contribution in [3.63, 3.8) is 0 Å². The van der Waals surface area contributed by atoms with Crippen LogP contribution in [0.2, 0.25) is 0 Å². The summed E-state index contributed by atoms with van der Waals surface area (Å²) < 4.78 is 0. The number of alkyl halides is 1. The predicted octanol–water partition coefficient (Wildman–Crippen LogP) is 0.601. The van der Waals surface area contributed by atoms with Crippen LogP contribution in [-0.4, -0.2) is 24.7 Å². The van der Waals surface area contributed by atoms with Crippen molar-refractivity contribution in [3.8, 4) is 0 Å². The highest BCUT2D eigenvalue weighted by atomic mass is 35.5. The van der Waals surface area contributed by atoms with Crippen LogP contribution in [0.15, 0.2) is 9.98 Å². The molecule has 9 heavy (non-hydrogen) atoms. The van der Waals surface area contributed by atoms with Crippen molar-refractivity contribution >= 4 is 23.8 Å². The third kappa shape index (κ3) is 1.68. The van der Waals surface area contributed by atoms with Gasteiger partial charge < -0.3 is 5.32 Å². The first-order valence-electron chi connectivity index (χ1n) is 2.71. The minimum absolute atomic E-state index is 0.134. The van der Waals surface area contributed by atoms with Crippen molar-refractivity contribution < 1.29 is 0 Å². The van der Waals surface area contributed by atoms with E-state index in [9.17, 15) is 0 Å². The molecule has 0 saturated heterocycles. The highest BCUT2D eigenvalue weighted by Gasteiger charge is 2.08. The molecular formula is C5H8ClN3. The summed E-state index contributed by atoms with van der Waals surface area (Å²) in [5.41, 5.74) is -0.134. The molecule has 0 aromatic rings. The monoisotopic (exact) mass is 145 g/mol. The van der Waals surface area contributed by atoms with Gasteiger partial charge in [-0.25, -0.2) is 0 Å². The van der Waals surface area contributed by atoms with Crippen molar-refractivity contribution in [2.75, 3.05) is 7.05 Å². The van der Waals surface area contributed by atoms with E-state index in [1.807, 2.05) is 0 Å². The maximum absolute atomic E-state index is 5.67. The highest BCUT2D eigenvalue weighted by Crippen LogP contribution is 2.05. The Hall–Kier alpha value is -0.570. The van der Waals surface area contributed by atoms with Crippen molar-refractivity contribution in [2.24, 2.45) is 9.98 Å². The van der Waals surface area contributed by atoms with E-state index in [1.165, 1.54) is 0 Å². The maximum atomic E-state index is 5.67. The molecule has 1 aliphatic rings. The number of amidine groups is 1. The highest BCUT2D eigenvalue weighted by molar-refractivity contribution is 6.23. The second kappa shape index (κ2) is 2.82. The summed E-state index contributed by atoms with van der Waals surface area (Å²) in [5, 5.41) is 2.87. The first kappa shape index (κ1) is 6.55. The summed E-state index contributed by atoms with van der Waals surface area (Å²) >= 11 is 5.67. The Balaban J connectivity index is 2.58. The van der Waals surface area contributed by atoms with Gasteiger partial charge >= 0.3 is 0 Å². The van der Waals surface area contributed by atoms with Gasteiger partial charge in [-0.15, -0.1) is 0 Å². The minimum Gasteiger partial charge on any atom is -0.335 e. The lowest BCUT2D eigenvalue weighted by Crippen LogP contribution is -2.29. The summed E-state index contributed by atoms with van der Waals surface area (Å²) in [6.07, 6.45) is 2.28. The Bertz CT molecular complexity index is 152. The second-order valence-corrected chi connectivity index (χ2v) is 2.24. The normalized spacial score (nSPS) is 30.4. The molecule has 0 fully saturated rings. The van der Waals surface area contributed by atoms with Gasteiger partial charge in [-0.3, -0.25) is 9.98 Å².